The molecule has 1 aromatic carbocycles. The van der Waals surface area contributed by atoms with Crippen molar-refractivity contribution in [2.45, 2.75) is 50.4 Å². The van der Waals surface area contributed by atoms with Crippen molar-refractivity contribution in [2.75, 3.05) is 39.2 Å². The Kier molecular flexibility index (Phi) is 8.24. The molecule has 1 amide bonds. The second-order valence-electron chi connectivity index (χ2n) is 8.23. The van der Waals surface area contributed by atoms with Gasteiger partial charge in [-0.25, -0.2) is 4.99 Å². The predicted octanol–water partition coefficient (Wildman–Crippen LogP) is 2.17. The third-order valence-electron chi connectivity index (χ3n) is 5.90. The number of carbonyl (C=O) groups excluding carboxylic acids is 1. The number of piperidine rings is 1. The highest BCUT2D eigenvalue weighted by atomic mass is 32.2. The van der Waals surface area contributed by atoms with Gasteiger partial charge in [-0.3, -0.25) is 9.69 Å². The molecule has 7 heteroatoms. The van der Waals surface area contributed by atoms with E-state index in [0.29, 0.717) is 18.1 Å². The summed E-state index contributed by atoms with van der Waals surface area (Å²) in [5.74, 6) is 1.81. The van der Waals surface area contributed by atoms with Gasteiger partial charge in [-0.2, -0.15) is 11.8 Å². The van der Waals surface area contributed by atoms with Gasteiger partial charge in [-0.1, -0.05) is 30.3 Å². The van der Waals surface area contributed by atoms with Crippen molar-refractivity contribution >= 4 is 23.6 Å². The number of guanidine groups is 1. The fraction of sp³-hybridized carbons (Fsp3) is 0.636. The van der Waals surface area contributed by atoms with Crippen molar-refractivity contribution < 1.29 is 4.79 Å². The van der Waals surface area contributed by atoms with Crippen molar-refractivity contribution in [2.24, 2.45) is 4.99 Å². The average Bonchev–Trinajstić information content (AvgIpc) is 2.95. The van der Waals surface area contributed by atoms with E-state index in [1.807, 2.05) is 0 Å². The van der Waals surface area contributed by atoms with Crippen molar-refractivity contribution in [3.8, 4) is 0 Å². The minimum atomic E-state index is 0.0220. The topological polar surface area (TPSA) is 60.0 Å². The molecule has 2 fully saturated rings. The number of hydrogen-bond donors (Lipinski definition) is 2. The second kappa shape index (κ2) is 10.9. The molecule has 2 N–H and O–H groups in total. The highest BCUT2D eigenvalue weighted by Gasteiger charge is 2.40. The lowest BCUT2D eigenvalue weighted by atomic mass is 9.96. The molecule has 160 valence electrons. The summed E-state index contributed by atoms with van der Waals surface area (Å²) >= 11 is 1.80. The minimum absolute atomic E-state index is 0.0220. The number of likely N-dealkylation sites (N-methyl/N-ethyl adjacent to an activating group) is 1. The Labute approximate surface area is 179 Å². The lowest BCUT2D eigenvalue weighted by Gasteiger charge is -2.39. The number of nitrogens with one attached hydrogen (secondary N) is 2. The average molecular weight is 418 g/mol. The SMILES string of the molecule is CSCCNC(=NCC(=O)N(C)C)NC1CC2CCC(C1)N2Cc1ccccc1. The van der Waals surface area contributed by atoms with Gasteiger partial charge < -0.3 is 15.5 Å². The predicted molar refractivity (Wildman–Crippen MR) is 122 cm³/mol. The molecule has 2 heterocycles. The van der Waals surface area contributed by atoms with Gasteiger partial charge in [-0.15, -0.1) is 0 Å². The summed E-state index contributed by atoms with van der Waals surface area (Å²) in [7, 11) is 3.54. The molecule has 0 aromatic heterocycles. The lowest BCUT2D eigenvalue weighted by Crippen LogP contribution is -2.52. The fourth-order valence-corrected chi connectivity index (χ4v) is 4.66. The lowest BCUT2D eigenvalue weighted by molar-refractivity contribution is -0.127. The summed E-state index contributed by atoms with van der Waals surface area (Å²) in [5, 5.41) is 7.02. The van der Waals surface area contributed by atoms with Gasteiger partial charge in [0.25, 0.3) is 0 Å². The molecular weight excluding hydrogens is 382 g/mol. The van der Waals surface area contributed by atoms with E-state index in [1.165, 1.54) is 18.4 Å². The van der Waals surface area contributed by atoms with Crippen LogP contribution < -0.4 is 10.6 Å². The maximum atomic E-state index is 12.0. The zero-order valence-electron chi connectivity index (χ0n) is 17.9. The molecule has 2 aliphatic rings. The Hall–Kier alpha value is -1.73. The smallest absolute Gasteiger partial charge is 0.243 e. The van der Waals surface area contributed by atoms with Crippen LogP contribution >= 0.6 is 11.8 Å². The number of fused-ring (bicyclic) bond motifs is 2. The van der Waals surface area contributed by atoms with Crippen LogP contribution in [0.15, 0.2) is 35.3 Å². The quantitative estimate of drug-likeness (QED) is 0.386. The molecule has 2 saturated heterocycles. The zero-order valence-corrected chi connectivity index (χ0v) is 18.8. The molecule has 0 aliphatic carbocycles. The van der Waals surface area contributed by atoms with E-state index in [9.17, 15) is 4.79 Å². The van der Waals surface area contributed by atoms with Crippen LogP contribution in [0, 0.1) is 0 Å². The van der Waals surface area contributed by atoms with Gasteiger partial charge in [0.1, 0.15) is 6.54 Å². The van der Waals surface area contributed by atoms with E-state index in [2.05, 4.69) is 57.1 Å². The largest absolute Gasteiger partial charge is 0.356 e. The Morgan fingerprint density at radius 3 is 2.52 bits per heavy atom. The third kappa shape index (κ3) is 6.37. The minimum Gasteiger partial charge on any atom is -0.356 e. The standard InChI is InChI=1S/C22H35N5OS/c1-26(2)21(28)15-24-22(23-11-12-29-3)25-18-13-19-9-10-20(14-18)27(19)16-17-7-5-4-6-8-17/h4-8,18-20H,9-16H2,1-3H3,(H2,23,24,25). The number of rotatable bonds is 8. The van der Waals surface area contributed by atoms with Gasteiger partial charge in [0.15, 0.2) is 5.96 Å². The number of amides is 1. The molecule has 3 rings (SSSR count). The first-order valence-electron chi connectivity index (χ1n) is 10.6. The first-order valence-corrected chi connectivity index (χ1v) is 12.0. The van der Waals surface area contributed by atoms with E-state index in [1.54, 1.807) is 30.8 Å². The molecule has 29 heavy (non-hydrogen) atoms. The van der Waals surface area contributed by atoms with Crippen molar-refractivity contribution in [1.82, 2.24) is 20.4 Å². The Morgan fingerprint density at radius 2 is 1.90 bits per heavy atom. The van der Waals surface area contributed by atoms with Gasteiger partial charge in [-0.05, 0) is 37.5 Å². The second-order valence-corrected chi connectivity index (χ2v) is 9.21. The van der Waals surface area contributed by atoms with Crippen LogP contribution in [-0.4, -0.2) is 79.0 Å². The summed E-state index contributed by atoms with van der Waals surface area (Å²) in [5.41, 5.74) is 1.40. The number of nitrogens with zero attached hydrogens (tertiary/aromatic N) is 3. The maximum absolute atomic E-state index is 12.0. The van der Waals surface area contributed by atoms with Crippen LogP contribution in [0.1, 0.15) is 31.2 Å². The van der Waals surface area contributed by atoms with Crippen LogP contribution in [-0.2, 0) is 11.3 Å². The number of hydrogen-bond acceptors (Lipinski definition) is 4. The van der Waals surface area contributed by atoms with Crippen LogP contribution in [0.4, 0.5) is 0 Å². The summed E-state index contributed by atoms with van der Waals surface area (Å²) in [6.07, 6.45) is 6.92. The summed E-state index contributed by atoms with van der Waals surface area (Å²) in [6.45, 7) is 2.08. The molecular formula is C22H35N5OS. The van der Waals surface area contributed by atoms with Crippen molar-refractivity contribution in [3.05, 3.63) is 35.9 Å². The van der Waals surface area contributed by atoms with E-state index in [0.717, 1.165) is 37.6 Å². The number of aliphatic imine (C=N–C) groups is 1. The number of carbonyl (C=O) groups is 1. The van der Waals surface area contributed by atoms with E-state index in [-0.39, 0.29) is 12.5 Å². The normalized spacial score (nSPS) is 24.4. The molecule has 2 bridgehead atoms. The molecule has 1 aromatic rings. The van der Waals surface area contributed by atoms with E-state index in [4.69, 9.17) is 0 Å². The van der Waals surface area contributed by atoms with E-state index >= 15 is 0 Å². The van der Waals surface area contributed by atoms with Crippen LogP contribution in [0.3, 0.4) is 0 Å². The van der Waals surface area contributed by atoms with Gasteiger partial charge in [0.2, 0.25) is 5.91 Å². The first-order chi connectivity index (χ1) is 14.1. The molecule has 2 unspecified atom stereocenters. The van der Waals surface area contributed by atoms with E-state index < -0.39 is 0 Å². The highest BCUT2D eigenvalue weighted by molar-refractivity contribution is 7.98. The molecule has 2 aliphatic heterocycles. The van der Waals surface area contributed by atoms with Crippen LogP contribution in [0.25, 0.3) is 0 Å². The molecule has 0 spiro atoms. The summed E-state index contributed by atoms with van der Waals surface area (Å²) < 4.78 is 0. The maximum Gasteiger partial charge on any atom is 0.243 e. The van der Waals surface area contributed by atoms with Crippen molar-refractivity contribution in [3.63, 3.8) is 0 Å². The molecule has 0 saturated carbocycles. The Bertz CT molecular complexity index is 667. The van der Waals surface area contributed by atoms with Gasteiger partial charge >= 0.3 is 0 Å². The first kappa shape index (κ1) is 22.0. The molecule has 6 nitrogen and oxygen atoms in total. The third-order valence-corrected chi connectivity index (χ3v) is 6.52. The molecule has 0 radical (unpaired) electrons. The number of thioether (sulfide) groups is 1. The summed E-state index contributed by atoms with van der Waals surface area (Å²) in [6, 6.07) is 12.5. The molecule has 2 atom stereocenters. The summed E-state index contributed by atoms with van der Waals surface area (Å²) in [4.78, 5) is 20.8. The van der Waals surface area contributed by atoms with Crippen LogP contribution in [0.2, 0.25) is 0 Å². The fourth-order valence-electron chi connectivity index (χ4n) is 4.35. The highest BCUT2D eigenvalue weighted by Crippen LogP contribution is 2.36. The van der Waals surface area contributed by atoms with Crippen molar-refractivity contribution in [1.29, 1.82) is 0 Å². The van der Waals surface area contributed by atoms with Crippen LogP contribution in [0.5, 0.6) is 0 Å². The van der Waals surface area contributed by atoms with Gasteiger partial charge in [0, 0.05) is 51.1 Å². The zero-order chi connectivity index (χ0) is 20.6. The van der Waals surface area contributed by atoms with Gasteiger partial charge in [0.05, 0.1) is 0 Å². The monoisotopic (exact) mass is 417 g/mol. The Morgan fingerprint density at radius 1 is 1.21 bits per heavy atom. The Balaban J connectivity index is 1.58. The number of benzene rings is 1.